The van der Waals surface area contributed by atoms with Crippen LogP contribution >= 0.6 is 0 Å². The standard InChI is InChI=1S/C11H9NO4/c1-6-2-7(4-9(13)10(6)14)3-8(5-12)11(15)16/h2-4,13-14H,1H3,(H,15,16). The van der Waals surface area contributed by atoms with Crippen molar-refractivity contribution in [2.24, 2.45) is 0 Å². The number of carboxylic acids is 1. The number of carbonyl (C=O) groups is 1. The van der Waals surface area contributed by atoms with E-state index >= 15 is 0 Å². The summed E-state index contributed by atoms with van der Waals surface area (Å²) in [5, 5.41) is 35.7. The molecule has 16 heavy (non-hydrogen) atoms. The zero-order valence-electron chi connectivity index (χ0n) is 8.43. The smallest absolute Gasteiger partial charge is 0.346 e. The molecule has 0 saturated carbocycles. The Morgan fingerprint density at radius 3 is 2.50 bits per heavy atom. The monoisotopic (exact) mass is 219 g/mol. The van der Waals surface area contributed by atoms with Crippen molar-refractivity contribution < 1.29 is 20.1 Å². The van der Waals surface area contributed by atoms with Crippen molar-refractivity contribution in [2.45, 2.75) is 6.92 Å². The third-order valence-corrected chi connectivity index (χ3v) is 1.96. The van der Waals surface area contributed by atoms with Gasteiger partial charge in [-0.1, -0.05) is 0 Å². The summed E-state index contributed by atoms with van der Waals surface area (Å²) in [6, 6.07) is 4.17. The molecule has 0 heterocycles. The van der Waals surface area contributed by atoms with Crippen LogP contribution in [0.4, 0.5) is 0 Å². The maximum atomic E-state index is 10.6. The first-order valence-corrected chi connectivity index (χ1v) is 4.33. The van der Waals surface area contributed by atoms with Crippen molar-refractivity contribution in [2.75, 3.05) is 0 Å². The first-order chi connectivity index (χ1) is 7.45. The number of aromatic hydroxyl groups is 2. The Kier molecular flexibility index (Phi) is 3.16. The second-order valence-corrected chi connectivity index (χ2v) is 3.18. The third-order valence-electron chi connectivity index (χ3n) is 1.96. The molecule has 0 aliphatic rings. The van der Waals surface area contributed by atoms with Gasteiger partial charge in [0.25, 0.3) is 0 Å². The number of nitriles is 1. The summed E-state index contributed by atoms with van der Waals surface area (Å²) in [4.78, 5) is 10.6. The molecule has 3 N–H and O–H groups in total. The van der Waals surface area contributed by atoms with Crippen LogP contribution in [-0.4, -0.2) is 21.3 Å². The lowest BCUT2D eigenvalue weighted by molar-refractivity contribution is -0.132. The lowest BCUT2D eigenvalue weighted by atomic mass is 10.1. The number of phenolic OH excluding ortho intramolecular Hbond substituents is 2. The summed E-state index contributed by atoms with van der Waals surface area (Å²) in [6.45, 7) is 1.55. The molecule has 0 atom stereocenters. The zero-order chi connectivity index (χ0) is 12.3. The lowest BCUT2D eigenvalue weighted by Gasteiger charge is -2.03. The van der Waals surface area contributed by atoms with Gasteiger partial charge in [-0.15, -0.1) is 0 Å². The van der Waals surface area contributed by atoms with E-state index < -0.39 is 11.5 Å². The molecular formula is C11H9NO4. The van der Waals surface area contributed by atoms with Gasteiger partial charge in [0.2, 0.25) is 0 Å². The molecule has 0 aliphatic carbocycles. The van der Waals surface area contributed by atoms with Gasteiger partial charge in [-0.2, -0.15) is 5.26 Å². The number of phenols is 2. The molecule has 0 saturated heterocycles. The van der Waals surface area contributed by atoms with Gasteiger partial charge in [-0.25, -0.2) is 4.79 Å². The summed E-state index contributed by atoms with van der Waals surface area (Å²) < 4.78 is 0. The Morgan fingerprint density at radius 1 is 1.44 bits per heavy atom. The first-order valence-electron chi connectivity index (χ1n) is 4.33. The normalized spacial score (nSPS) is 10.9. The second-order valence-electron chi connectivity index (χ2n) is 3.18. The number of aryl methyl sites for hydroxylation is 1. The van der Waals surface area contributed by atoms with E-state index in [-0.39, 0.29) is 11.5 Å². The van der Waals surface area contributed by atoms with E-state index in [1.54, 1.807) is 6.92 Å². The fourth-order valence-electron chi connectivity index (χ4n) is 1.18. The van der Waals surface area contributed by atoms with Crippen molar-refractivity contribution >= 4 is 12.0 Å². The van der Waals surface area contributed by atoms with Crippen molar-refractivity contribution in [1.29, 1.82) is 5.26 Å². The number of benzene rings is 1. The Bertz CT molecular complexity index is 488. The number of hydrogen-bond donors (Lipinski definition) is 3. The van der Waals surface area contributed by atoms with E-state index in [1.807, 2.05) is 0 Å². The molecule has 0 amide bonds. The molecule has 0 bridgehead atoms. The van der Waals surface area contributed by atoms with Crippen LogP contribution in [0, 0.1) is 18.3 Å². The minimum absolute atomic E-state index is 0.258. The average molecular weight is 219 g/mol. The highest BCUT2D eigenvalue weighted by atomic mass is 16.4. The quantitative estimate of drug-likeness (QED) is 0.396. The molecule has 0 fully saturated rings. The largest absolute Gasteiger partial charge is 0.504 e. The molecule has 0 aromatic heterocycles. The van der Waals surface area contributed by atoms with Crippen LogP contribution in [0.1, 0.15) is 11.1 Å². The van der Waals surface area contributed by atoms with Gasteiger partial charge in [0.1, 0.15) is 11.6 Å². The molecular weight excluding hydrogens is 210 g/mol. The molecule has 0 unspecified atom stereocenters. The first kappa shape index (κ1) is 11.6. The lowest BCUT2D eigenvalue weighted by Crippen LogP contribution is -1.97. The van der Waals surface area contributed by atoms with Crippen LogP contribution < -0.4 is 0 Å². The molecule has 0 spiro atoms. The number of rotatable bonds is 2. The molecule has 1 aromatic rings. The Balaban J connectivity index is 3.27. The highest BCUT2D eigenvalue weighted by Crippen LogP contribution is 2.30. The van der Waals surface area contributed by atoms with E-state index in [0.29, 0.717) is 11.1 Å². The van der Waals surface area contributed by atoms with Crippen LogP contribution in [0.3, 0.4) is 0 Å². The Labute approximate surface area is 91.5 Å². The summed E-state index contributed by atoms with van der Waals surface area (Å²) in [6.07, 6.45) is 1.12. The summed E-state index contributed by atoms with van der Waals surface area (Å²) >= 11 is 0. The third kappa shape index (κ3) is 2.30. The fraction of sp³-hybridized carbons (Fsp3) is 0.0909. The van der Waals surface area contributed by atoms with Gasteiger partial charge >= 0.3 is 5.97 Å². The minimum Gasteiger partial charge on any atom is -0.504 e. The van der Waals surface area contributed by atoms with Gasteiger partial charge in [0, 0.05) is 0 Å². The van der Waals surface area contributed by atoms with Crippen LogP contribution in [0.2, 0.25) is 0 Å². The van der Waals surface area contributed by atoms with Crippen LogP contribution in [0.5, 0.6) is 11.5 Å². The number of hydrogen-bond acceptors (Lipinski definition) is 4. The molecule has 1 aromatic carbocycles. The Morgan fingerprint density at radius 2 is 2.06 bits per heavy atom. The van der Waals surface area contributed by atoms with Crippen molar-refractivity contribution in [1.82, 2.24) is 0 Å². The summed E-state index contributed by atoms with van der Waals surface area (Å²) in [7, 11) is 0. The van der Waals surface area contributed by atoms with Crippen molar-refractivity contribution in [3.8, 4) is 17.6 Å². The number of aliphatic carboxylic acids is 1. The van der Waals surface area contributed by atoms with Gasteiger partial charge in [-0.3, -0.25) is 0 Å². The molecule has 82 valence electrons. The van der Waals surface area contributed by atoms with E-state index in [4.69, 9.17) is 10.4 Å². The highest BCUT2D eigenvalue weighted by Gasteiger charge is 2.08. The summed E-state index contributed by atoms with van der Waals surface area (Å²) in [5.74, 6) is -1.95. The fourth-order valence-corrected chi connectivity index (χ4v) is 1.18. The molecule has 1 rings (SSSR count). The average Bonchev–Trinajstić information content (AvgIpc) is 2.21. The molecule has 0 radical (unpaired) electrons. The topological polar surface area (TPSA) is 102 Å². The van der Waals surface area contributed by atoms with E-state index in [0.717, 1.165) is 6.08 Å². The van der Waals surface area contributed by atoms with Gasteiger partial charge in [0.05, 0.1) is 0 Å². The minimum atomic E-state index is -1.34. The number of nitrogens with zero attached hydrogens (tertiary/aromatic N) is 1. The SMILES string of the molecule is Cc1cc(C=C(C#N)C(=O)O)cc(O)c1O. The Hall–Kier alpha value is -2.48. The predicted molar refractivity (Wildman–Crippen MR) is 55.7 cm³/mol. The maximum Gasteiger partial charge on any atom is 0.346 e. The van der Waals surface area contributed by atoms with Gasteiger partial charge < -0.3 is 15.3 Å². The van der Waals surface area contributed by atoms with Crippen LogP contribution in [0.25, 0.3) is 6.08 Å². The molecule has 5 heteroatoms. The van der Waals surface area contributed by atoms with E-state index in [9.17, 15) is 15.0 Å². The maximum absolute atomic E-state index is 10.6. The van der Waals surface area contributed by atoms with Gasteiger partial charge in [0.15, 0.2) is 11.5 Å². The molecule has 0 aliphatic heterocycles. The summed E-state index contributed by atoms with van der Waals surface area (Å²) in [5.41, 5.74) is 0.296. The molecule has 5 nitrogen and oxygen atoms in total. The van der Waals surface area contributed by atoms with Crippen molar-refractivity contribution in [3.63, 3.8) is 0 Å². The number of carboxylic acid groups (broad SMARTS) is 1. The second kappa shape index (κ2) is 4.36. The van der Waals surface area contributed by atoms with E-state index in [1.165, 1.54) is 18.2 Å². The van der Waals surface area contributed by atoms with Crippen molar-refractivity contribution in [3.05, 3.63) is 28.8 Å². The van der Waals surface area contributed by atoms with Gasteiger partial charge in [-0.05, 0) is 36.3 Å². The van der Waals surface area contributed by atoms with Crippen LogP contribution in [0.15, 0.2) is 17.7 Å². The van der Waals surface area contributed by atoms with E-state index in [2.05, 4.69) is 0 Å². The highest BCUT2D eigenvalue weighted by molar-refractivity contribution is 5.96. The van der Waals surface area contributed by atoms with Crippen LogP contribution in [-0.2, 0) is 4.79 Å². The zero-order valence-corrected chi connectivity index (χ0v) is 8.43. The predicted octanol–water partition coefficient (Wildman–Crippen LogP) is 1.40.